The largest absolute Gasteiger partial charge is 0.377 e. The molecule has 0 bridgehead atoms. The topological polar surface area (TPSA) is 21.3 Å². The Morgan fingerprint density at radius 2 is 1.79 bits per heavy atom. The van der Waals surface area contributed by atoms with Crippen LogP contribution in [0, 0.1) is 11.3 Å². The Labute approximate surface area is 118 Å². The lowest BCUT2D eigenvalue weighted by molar-refractivity contribution is -0.142. The van der Waals surface area contributed by atoms with Crippen LogP contribution in [0.4, 0.5) is 0 Å². The fourth-order valence-electron chi connectivity index (χ4n) is 4.82. The highest BCUT2D eigenvalue weighted by Crippen LogP contribution is 2.54. The van der Waals surface area contributed by atoms with E-state index in [1.165, 1.54) is 64.2 Å². The summed E-state index contributed by atoms with van der Waals surface area (Å²) in [6.45, 7) is 4.39. The Hall–Kier alpha value is -0.0800. The molecule has 2 nitrogen and oxygen atoms in total. The highest BCUT2D eigenvalue weighted by Gasteiger charge is 2.56. The molecule has 0 aromatic carbocycles. The van der Waals surface area contributed by atoms with Crippen molar-refractivity contribution in [2.24, 2.45) is 11.3 Å². The van der Waals surface area contributed by atoms with Gasteiger partial charge in [0.05, 0.1) is 6.10 Å². The molecule has 2 unspecified atom stereocenters. The first-order valence-corrected chi connectivity index (χ1v) is 8.70. The van der Waals surface area contributed by atoms with Gasteiger partial charge in [-0.05, 0) is 44.6 Å². The average molecular weight is 265 g/mol. The number of hydrogen-bond donors (Lipinski definition) is 1. The van der Waals surface area contributed by atoms with Gasteiger partial charge in [-0.15, -0.1) is 0 Å². The second-order valence-corrected chi connectivity index (χ2v) is 7.11. The van der Waals surface area contributed by atoms with Crippen LogP contribution < -0.4 is 5.32 Å². The lowest BCUT2D eigenvalue weighted by Gasteiger charge is -2.54. The maximum atomic E-state index is 6.39. The molecule has 3 aliphatic rings. The van der Waals surface area contributed by atoms with Crippen LogP contribution in [0.15, 0.2) is 0 Å². The van der Waals surface area contributed by atoms with Crippen molar-refractivity contribution in [3.63, 3.8) is 0 Å². The lowest BCUT2D eigenvalue weighted by Crippen LogP contribution is -2.62. The van der Waals surface area contributed by atoms with E-state index in [0.29, 0.717) is 11.5 Å². The van der Waals surface area contributed by atoms with Crippen LogP contribution >= 0.6 is 0 Å². The number of ether oxygens (including phenoxy) is 1. The zero-order valence-corrected chi connectivity index (χ0v) is 12.6. The van der Waals surface area contributed by atoms with Crippen LogP contribution in [-0.2, 0) is 4.74 Å². The molecule has 19 heavy (non-hydrogen) atoms. The maximum Gasteiger partial charge on any atom is 0.0661 e. The standard InChI is InChI=1S/C17H31NO/c1-2-18-15-12-16(17(15)10-6-7-11-17)19-13-14-8-4-3-5-9-14/h14-16,18H,2-13H2,1H3. The van der Waals surface area contributed by atoms with E-state index >= 15 is 0 Å². The predicted octanol–water partition coefficient (Wildman–Crippen LogP) is 3.89. The molecule has 1 N–H and O–H groups in total. The van der Waals surface area contributed by atoms with Gasteiger partial charge >= 0.3 is 0 Å². The van der Waals surface area contributed by atoms with Crippen molar-refractivity contribution in [1.82, 2.24) is 5.32 Å². The van der Waals surface area contributed by atoms with Gasteiger partial charge < -0.3 is 10.1 Å². The third kappa shape index (κ3) is 2.71. The summed E-state index contributed by atoms with van der Waals surface area (Å²) in [4.78, 5) is 0. The summed E-state index contributed by atoms with van der Waals surface area (Å²) in [5.74, 6) is 0.866. The summed E-state index contributed by atoms with van der Waals surface area (Å²) >= 11 is 0. The molecule has 2 heteroatoms. The first-order valence-electron chi connectivity index (χ1n) is 8.70. The van der Waals surface area contributed by atoms with Crippen molar-refractivity contribution >= 4 is 0 Å². The molecule has 0 aliphatic heterocycles. The van der Waals surface area contributed by atoms with E-state index in [4.69, 9.17) is 4.74 Å². The van der Waals surface area contributed by atoms with Crippen LogP contribution in [0.1, 0.15) is 71.1 Å². The molecule has 1 spiro atoms. The van der Waals surface area contributed by atoms with E-state index in [0.717, 1.165) is 25.1 Å². The van der Waals surface area contributed by atoms with Crippen molar-refractivity contribution in [1.29, 1.82) is 0 Å². The van der Waals surface area contributed by atoms with E-state index < -0.39 is 0 Å². The summed E-state index contributed by atoms with van der Waals surface area (Å²) in [5.41, 5.74) is 0.519. The third-order valence-electron chi connectivity index (χ3n) is 6.03. The van der Waals surface area contributed by atoms with Crippen LogP contribution in [0.25, 0.3) is 0 Å². The van der Waals surface area contributed by atoms with Crippen LogP contribution in [-0.4, -0.2) is 25.3 Å². The molecule has 110 valence electrons. The van der Waals surface area contributed by atoms with Crippen LogP contribution in [0.5, 0.6) is 0 Å². The van der Waals surface area contributed by atoms with Crippen molar-refractivity contribution in [2.75, 3.05) is 13.2 Å². The third-order valence-corrected chi connectivity index (χ3v) is 6.03. The predicted molar refractivity (Wildman–Crippen MR) is 79.3 cm³/mol. The molecule has 0 aromatic heterocycles. The molecule has 2 atom stereocenters. The Morgan fingerprint density at radius 1 is 1.05 bits per heavy atom. The van der Waals surface area contributed by atoms with Gasteiger partial charge in [0.15, 0.2) is 0 Å². The van der Waals surface area contributed by atoms with E-state index in [9.17, 15) is 0 Å². The van der Waals surface area contributed by atoms with E-state index in [2.05, 4.69) is 12.2 Å². The lowest BCUT2D eigenvalue weighted by atomic mass is 9.60. The monoisotopic (exact) mass is 265 g/mol. The fourth-order valence-corrected chi connectivity index (χ4v) is 4.82. The van der Waals surface area contributed by atoms with Crippen LogP contribution in [0.3, 0.4) is 0 Å². The molecule has 0 aromatic rings. The van der Waals surface area contributed by atoms with E-state index in [1.807, 2.05) is 0 Å². The molecule has 3 fully saturated rings. The molecule has 3 saturated carbocycles. The number of hydrogen-bond acceptors (Lipinski definition) is 2. The Bertz CT molecular complexity index is 279. The smallest absolute Gasteiger partial charge is 0.0661 e. The first kappa shape index (κ1) is 13.9. The Balaban J connectivity index is 1.50. The summed E-state index contributed by atoms with van der Waals surface area (Å²) in [7, 11) is 0. The number of nitrogens with one attached hydrogen (secondary N) is 1. The van der Waals surface area contributed by atoms with Crippen molar-refractivity contribution in [2.45, 2.75) is 83.3 Å². The van der Waals surface area contributed by atoms with Crippen molar-refractivity contribution in [3.8, 4) is 0 Å². The average Bonchev–Trinajstić information content (AvgIpc) is 2.95. The molecule has 0 amide bonds. The minimum atomic E-state index is 0.519. The van der Waals surface area contributed by atoms with E-state index in [-0.39, 0.29) is 0 Å². The summed E-state index contributed by atoms with van der Waals surface area (Å²) in [6.07, 6.45) is 14.6. The minimum Gasteiger partial charge on any atom is -0.377 e. The summed E-state index contributed by atoms with van der Waals surface area (Å²) < 4.78 is 6.39. The SMILES string of the molecule is CCNC1CC(OCC2CCCCC2)C12CCCC2. The quantitative estimate of drug-likeness (QED) is 0.814. The molecular weight excluding hydrogens is 234 g/mol. The number of rotatable bonds is 5. The first-order chi connectivity index (χ1) is 9.35. The van der Waals surface area contributed by atoms with Crippen LogP contribution in [0.2, 0.25) is 0 Å². The second kappa shape index (κ2) is 6.13. The van der Waals surface area contributed by atoms with Gasteiger partial charge in [-0.1, -0.05) is 39.0 Å². The zero-order chi connectivity index (χ0) is 13.1. The van der Waals surface area contributed by atoms with Crippen molar-refractivity contribution in [3.05, 3.63) is 0 Å². The molecular formula is C17H31NO. The molecule has 0 saturated heterocycles. The normalized spacial score (nSPS) is 34.6. The highest BCUT2D eigenvalue weighted by molar-refractivity contribution is 5.09. The maximum absolute atomic E-state index is 6.39. The van der Waals surface area contributed by atoms with Gasteiger partial charge in [-0.3, -0.25) is 0 Å². The Morgan fingerprint density at radius 3 is 2.47 bits per heavy atom. The van der Waals surface area contributed by atoms with Gasteiger partial charge in [0.1, 0.15) is 0 Å². The van der Waals surface area contributed by atoms with Gasteiger partial charge in [0.25, 0.3) is 0 Å². The van der Waals surface area contributed by atoms with Gasteiger partial charge in [0.2, 0.25) is 0 Å². The summed E-state index contributed by atoms with van der Waals surface area (Å²) in [5, 5.41) is 3.70. The molecule has 0 radical (unpaired) electrons. The van der Waals surface area contributed by atoms with Gasteiger partial charge in [0, 0.05) is 18.1 Å². The molecule has 3 rings (SSSR count). The molecule has 0 heterocycles. The van der Waals surface area contributed by atoms with Gasteiger partial charge in [-0.2, -0.15) is 0 Å². The van der Waals surface area contributed by atoms with E-state index in [1.54, 1.807) is 0 Å². The minimum absolute atomic E-state index is 0.519. The van der Waals surface area contributed by atoms with Gasteiger partial charge in [-0.25, -0.2) is 0 Å². The summed E-state index contributed by atoms with van der Waals surface area (Å²) in [6, 6.07) is 0.747. The zero-order valence-electron chi connectivity index (χ0n) is 12.6. The fraction of sp³-hybridized carbons (Fsp3) is 1.00. The highest BCUT2D eigenvalue weighted by atomic mass is 16.5. The second-order valence-electron chi connectivity index (χ2n) is 7.11. The Kier molecular flexibility index (Phi) is 4.48. The molecule has 3 aliphatic carbocycles. The van der Waals surface area contributed by atoms with Crippen molar-refractivity contribution < 1.29 is 4.74 Å².